The van der Waals surface area contributed by atoms with E-state index < -0.39 is 0 Å². The number of rotatable bonds is 3. The number of benzene rings is 2. The van der Waals surface area contributed by atoms with Gasteiger partial charge in [0.25, 0.3) is 0 Å². The summed E-state index contributed by atoms with van der Waals surface area (Å²) < 4.78 is 13.3. The van der Waals surface area contributed by atoms with Crippen molar-refractivity contribution in [2.75, 3.05) is 0 Å². The molecule has 0 bridgehead atoms. The molecule has 1 aliphatic rings. The van der Waals surface area contributed by atoms with Crippen LogP contribution in [-0.4, -0.2) is 0 Å². The van der Waals surface area contributed by atoms with E-state index >= 15 is 0 Å². The summed E-state index contributed by atoms with van der Waals surface area (Å²) in [5, 5.41) is 0. The Morgan fingerprint density at radius 3 is 2.68 bits per heavy atom. The van der Waals surface area contributed by atoms with Gasteiger partial charge >= 0.3 is 0 Å². The van der Waals surface area contributed by atoms with Gasteiger partial charge in [-0.3, -0.25) is 0 Å². The maximum atomic E-state index is 13.3. The molecule has 0 saturated heterocycles. The van der Waals surface area contributed by atoms with Gasteiger partial charge in [-0.2, -0.15) is 0 Å². The largest absolute Gasteiger partial charge is 0.207 e. The van der Waals surface area contributed by atoms with Gasteiger partial charge in [0.15, 0.2) is 0 Å². The Morgan fingerprint density at radius 2 is 1.89 bits per heavy atom. The quantitative estimate of drug-likeness (QED) is 0.701. The van der Waals surface area contributed by atoms with Gasteiger partial charge < -0.3 is 0 Å². The van der Waals surface area contributed by atoms with Crippen LogP contribution in [-0.2, 0) is 6.42 Å². The summed E-state index contributed by atoms with van der Waals surface area (Å²) in [7, 11) is 0. The first-order valence-electron chi connectivity index (χ1n) is 6.84. The molecule has 1 heteroatoms. The fourth-order valence-corrected chi connectivity index (χ4v) is 2.74. The van der Waals surface area contributed by atoms with Crippen LogP contribution in [0.3, 0.4) is 0 Å². The Bertz CT molecular complexity index is 638. The van der Waals surface area contributed by atoms with Gasteiger partial charge in [-0.15, -0.1) is 0 Å². The number of hydrogen-bond acceptors (Lipinski definition) is 0. The van der Waals surface area contributed by atoms with Crippen molar-refractivity contribution in [3.8, 4) is 11.1 Å². The second kappa shape index (κ2) is 5.00. The zero-order valence-electron chi connectivity index (χ0n) is 11.1. The Hall–Kier alpha value is -1.89. The van der Waals surface area contributed by atoms with E-state index in [4.69, 9.17) is 0 Å². The minimum absolute atomic E-state index is 0.180. The monoisotopic (exact) mass is 252 g/mol. The number of fused-ring (bicyclic) bond motifs is 1. The normalized spacial score (nSPS) is 13.3. The molecule has 0 spiro atoms. The molecule has 19 heavy (non-hydrogen) atoms. The fourth-order valence-electron chi connectivity index (χ4n) is 2.74. The summed E-state index contributed by atoms with van der Waals surface area (Å²) in [5.74, 6) is -0.180. The van der Waals surface area contributed by atoms with Crippen LogP contribution in [0.5, 0.6) is 0 Å². The van der Waals surface area contributed by atoms with Gasteiger partial charge in [-0.05, 0) is 53.3 Å². The van der Waals surface area contributed by atoms with Crippen LogP contribution < -0.4 is 0 Å². The molecule has 0 heterocycles. The van der Waals surface area contributed by atoms with Gasteiger partial charge in [0, 0.05) is 0 Å². The summed E-state index contributed by atoms with van der Waals surface area (Å²) in [4.78, 5) is 0. The van der Waals surface area contributed by atoms with E-state index in [0.29, 0.717) is 0 Å². The highest BCUT2D eigenvalue weighted by molar-refractivity contribution is 5.72. The van der Waals surface area contributed by atoms with Crippen molar-refractivity contribution in [1.82, 2.24) is 0 Å². The summed E-state index contributed by atoms with van der Waals surface area (Å²) >= 11 is 0. The van der Waals surface area contributed by atoms with Crippen molar-refractivity contribution in [3.05, 3.63) is 65.0 Å². The van der Waals surface area contributed by atoms with E-state index in [1.807, 2.05) is 6.07 Å². The van der Waals surface area contributed by atoms with Crippen molar-refractivity contribution >= 4 is 6.08 Å². The Kier molecular flexibility index (Phi) is 3.20. The van der Waals surface area contributed by atoms with E-state index in [2.05, 4.69) is 31.2 Å². The molecular formula is C18H17F. The van der Waals surface area contributed by atoms with Crippen molar-refractivity contribution in [1.29, 1.82) is 0 Å². The van der Waals surface area contributed by atoms with Crippen molar-refractivity contribution in [2.24, 2.45) is 0 Å². The van der Waals surface area contributed by atoms with Crippen LogP contribution in [0.25, 0.3) is 17.2 Å². The molecule has 0 N–H and O–H groups in total. The number of allylic oxidation sites excluding steroid dienone is 1. The maximum absolute atomic E-state index is 13.3. The van der Waals surface area contributed by atoms with Crippen LogP contribution in [0, 0.1) is 5.82 Å². The summed E-state index contributed by atoms with van der Waals surface area (Å²) in [6.45, 7) is 2.21. The second-order valence-electron chi connectivity index (χ2n) is 5.15. The lowest BCUT2D eigenvalue weighted by Gasteiger charge is -2.05. The van der Waals surface area contributed by atoms with E-state index in [1.54, 1.807) is 12.1 Å². The zero-order valence-corrected chi connectivity index (χ0v) is 11.1. The van der Waals surface area contributed by atoms with E-state index in [0.717, 1.165) is 17.5 Å². The molecule has 0 amide bonds. The first-order valence-corrected chi connectivity index (χ1v) is 6.84. The molecular weight excluding hydrogens is 235 g/mol. The van der Waals surface area contributed by atoms with E-state index in [9.17, 15) is 4.39 Å². The van der Waals surface area contributed by atoms with Gasteiger partial charge in [-0.1, -0.05) is 49.3 Å². The highest BCUT2D eigenvalue weighted by atomic mass is 19.1. The highest BCUT2D eigenvalue weighted by Gasteiger charge is 2.12. The third-order valence-electron chi connectivity index (χ3n) is 3.65. The minimum Gasteiger partial charge on any atom is -0.207 e. The van der Waals surface area contributed by atoms with E-state index in [1.165, 1.54) is 35.6 Å². The average molecular weight is 252 g/mol. The lowest BCUT2D eigenvalue weighted by molar-refractivity contribution is 0.628. The molecule has 3 rings (SSSR count). The first kappa shape index (κ1) is 12.2. The van der Waals surface area contributed by atoms with Crippen molar-refractivity contribution in [2.45, 2.75) is 26.2 Å². The molecule has 0 atom stereocenters. The Balaban J connectivity index is 1.96. The fraction of sp³-hybridized carbons (Fsp3) is 0.222. The smallest absolute Gasteiger partial charge is 0.123 e. The second-order valence-corrected chi connectivity index (χ2v) is 5.15. The van der Waals surface area contributed by atoms with Crippen LogP contribution in [0.1, 0.15) is 30.9 Å². The molecule has 0 nitrogen and oxygen atoms in total. The summed E-state index contributed by atoms with van der Waals surface area (Å²) in [6, 6.07) is 13.2. The lowest BCUT2D eigenvalue weighted by Crippen LogP contribution is -1.86. The topological polar surface area (TPSA) is 0 Å². The van der Waals surface area contributed by atoms with Crippen molar-refractivity contribution in [3.63, 3.8) is 0 Å². The highest BCUT2D eigenvalue weighted by Crippen LogP contribution is 2.31. The maximum Gasteiger partial charge on any atom is 0.123 e. The molecule has 0 radical (unpaired) electrons. The van der Waals surface area contributed by atoms with Gasteiger partial charge in [-0.25, -0.2) is 4.39 Å². The van der Waals surface area contributed by atoms with Gasteiger partial charge in [0.05, 0.1) is 0 Å². The Labute approximate surface area is 113 Å². The molecule has 1 aliphatic carbocycles. The first-order chi connectivity index (χ1) is 9.26. The number of hydrogen-bond donors (Lipinski definition) is 0. The standard InChI is InChI=1S/C18H17F/c1-2-4-13-9-15-7-8-16(11-17(15)10-13)14-5-3-6-18(19)12-14/h3,5-8,10-12H,2,4,9H2,1H3. The Morgan fingerprint density at radius 1 is 1.05 bits per heavy atom. The number of halogens is 1. The van der Waals surface area contributed by atoms with Gasteiger partial charge in [0.2, 0.25) is 0 Å². The predicted molar refractivity (Wildman–Crippen MR) is 78.4 cm³/mol. The molecule has 0 aromatic heterocycles. The van der Waals surface area contributed by atoms with Crippen LogP contribution in [0.15, 0.2) is 48.0 Å². The van der Waals surface area contributed by atoms with E-state index in [-0.39, 0.29) is 5.82 Å². The molecule has 96 valence electrons. The van der Waals surface area contributed by atoms with Crippen molar-refractivity contribution < 1.29 is 4.39 Å². The molecule has 0 fully saturated rings. The third-order valence-corrected chi connectivity index (χ3v) is 3.65. The molecule has 2 aromatic rings. The lowest BCUT2D eigenvalue weighted by atomic mass is 10.0. The predicted octanol–water partition coefficient (Wildman–Crippen LogP) is 5.23. The third kappa shape index (κ3) is 2.46. The summed E-state index contributed by atoms with van der Waals surface area (Å²) in [6.07, 6.45) is 5.73. The SMILES string of the molecule is CCCC1=Cc2cc(-c3cccc(F)c3)ccc2C1. The minimum atomic E-state index is -0.180. The molecule has 2 aromatic carbocycles. The van der Waals surface area contributed by atoms with Gasteiger partial charge in [0.1, 0.15) is 5.82 Å². The zero-order chi connectivity index (χ0) is 13.2. The summed E-state index contributed by atoms with van der Waals surface area (Å²) in [5.41, 5.74) is 6.23. The van der Waals surface area contributed by atoms with Crippen LogP contribution in [0.4, 0.5) is 4.39 Å². The van der Waals surface area contributed by atoms with Crippen LogP contribution in [0.2, 0.25) is 0 Å². The average Bonchev–Trinajstić information content (AvgIpc) is 2.80. The van der Waals surface area contributed by atoms with Crippen LogP contribution >= 0.6 is 0 Å². The molecule has 0 saturated carbocycles. The molecule has 0 aliphatic heterocycles. The molecule has 0 unspecified atom stereocenters.